The van der Waals surface area contributed by atoms with E-state index in [1.54, 1.807) is 0 Å². The maximum Gasteiger partial charge on any atom is 0.422 e. The topological polar surface area (TPSA) is 84.9 Å². The molecule has 3 rings (SSSR count). The Morgan fingerprint density at radius 3 is 2.38 bits per heavy atom. The van der Waals surface area contributed by atoms with Crippen LogP contribution < -0.4 is 4.72 Å². The fourth-order valence-corrected chi connectivity index (χ4v) is 5.27. The van der Waals surface area contributed by atoms with Crippen molar-refractivity contribution in [1.29, 1.82) is 0 Å². The van der Waals surface area contributed by atoms with Gasteiger partial charge in [-0.2, -0.15) is 13.2 Å². The molecular weight excluding hydrogens is 449 g/mol. The minimum absolute atomic E-state index is 0.0228. The quantitative estimate of drug-likeness (QED) is 0.649. The number of hydrogen-bond donors (Lipinski definition) is 1. The number of rotatable bonds is 7. The largest absolute Gasteiger partial charge is 0.440 e. The van der Waals surface area contributed by atoms with Crippen molar-refractivity contribution in [2.75, 3.05) is 26.0 Å². The molecule has 180 valence electrons. The molecule has 2 fully saturated rings. The van der Waals surface area contributed by atoms with Gasteiger partial charge in [0.1, 0.15) is 0 Å². The Bertz CT molecular complexity index is 858. The fraction of sp³-hybridized carbons (Fsp3) is 0.667. The number of carbonyl (C=O) groups excluding carboxylic acids is 1. The summed E-state index contributed by atoms with van der Waals surface area (Å²) in [6.45, 7) is -1.59. The predicted molar refractivity (Wildman–Crippen MR) is 112 cm³/mol. The Morgan fingerprint density at radius 1 is 1.12 bits per heavy atom. The van der Waals surface area contributed by atoms with Crippen molar-refractivity contribution < 1.29 is 35.9 Å². The van der Waals surface area contributed by atoms with Crippen molar-refractivity contribution in [1.82, 2.24) is 9.62 Å². The molecule has 2 atom stereocenters. The first-order chi connectivity index (χ1) is 15.0. The van der Waals surface area contributed by atoms with E-state index in [0.29, 0.717) is 5.92 Å². The number of nitrogens with zero attached hydrogens (tertiary/aromatic N) is 1. The number of carbonyl (C=O) groups is 1. The van der Waals surface area contributed by atoms with Crippen LogP contribution in [-0.4, -0.2) is 69.8 Å². The zero-order valence-electron chi connectivity index (χ0n) is 17.9. The van der Waals surface area contributed by atoms with Gasteiger partial charge in [-0.25, -0.2) is 17.9 Å². The van der Waals surface area contributed by atoms with E-state index in [0.717, 1.165) is 36.8 Å². The highest BCUT2D eigenvalue weighted by Gasteiger charge is 2.41. The van der Waals surface area contributed by atoms with Crippen LogP contribution >= 0.6 is 0 Å². The zero-order valence-corrected chi connectivity index (χ0v) is 18.7. The van der Waals surface area contributed by atoms with Gasteiger partial charge in [0.25, 0.3) is 0 Å². The van der Waals surface area contributed by atoms with Gasteiger partial charge in [0.15, 0.2) is 6.61 Å². The van der Waals surface area contributed by atoms with Crippen LogP contribution in [0.4, 0.5) is 18.0 Å². The van der Waals surface area contributed by atoms with Crippen LogP contribution in [-0.2, 0) is 19.5 Å². The molecule has 0 bridgehead atoms. The molecule has 1 heterocycles. The molecular formula is C21H29F3N2O5S. The Hall–Kier alpha value is -1.85. The zero-order chi connectivity index (χ0) is 23.4. The molecule has 1 aliphatic carbocycles. The van der Waals surface area contributed by atoms with Crippen LogP contribution in [0.15, 0.2) is 30.3 Å². The normalized spacial score (nSPS) is 26.8. The highest BCUT2D eigenvalue weighted by molar-refractivity contribution is 7.88. The van der Waals surface area contributed by atoms with E-state index in [4.69, 9.17) is 4.74 Å². The van der Waals surface area contributed by atoms with E-state index in [9.17, 15) is 26.4 Å². The second kappa shape index (κ2) is 10.4. The van der Waals surface area contributed by atoms with Crippen molar-refractivity contribution >= 4 is 16.1 Å². The Kier molecular flexibility index (Phi) is 8.05. The van der Waals surface area contributed by atoms with Gasteiger partial charge in [-0.1, -0.05) is 30.3 Å². The smallest absolute Gasteiger partial charge is 0.422 e. The number of halogens is 3. The first-order valence-electron chi connectivity index (χ1n) is 10.7. The second-order valence-corrected chi connectivity index (χ2v) is 10.2. The summed E-state index contributed by atoms with van der Waals surface area (Å²) in [7, 11) is -3.57. The van der Waals surface area contributed by atoms with E-state index < -0.39 is 41.0 Å². The van der Waals surface area contributed by atoms with Gasteiger partial charge >= 0.3 is 12.3 Å². The summed E-state index contributed by atoms with van der Waals surface area (Å²) in [6, 6.07) is 8.83. The first kappa shape index (κ1) is 24.8. The van der Waals surface area contributed by atoms with Crippen LogP contribution in [0.5, 0.6) is 0 Å². The number of amides is 1. The molecule has 1 N–H and O–H groups in total. The molecule has 32 heavy (non-hydrogen) atoms. The lowest BCUT2D eigenvalue weighted by atomic mass is 9.83. The van der Waals surface area contributed by atoms with Gasteiger partial charge in [-0.15, -0.1) is 0 Å². The van der Waals surface area contributed by atoms with Crippen LogP contribution in [0, 0.1) is 0 Å². The number of hydrogen-bond acceptors (Lipinski definition) is 5. The Morgan fingerprint density at radius 2 is 1.78 bits per heavy atom. The summed E-state index contributed by atoms with van der Waals surface area (Å²) in [4.78, 5) is 13.4. The minimum Gasteiger partial charge on any atom is -0.440 e. The van der Waals surface area contributed by atoms with Gasteiger partial charge in [0.05, 0.1) is 25.0 Å². The van der Waals surface area contributed by atoms with Gasteiger partial charge in [-0.3, -0.25) is 0 Å². The van der Waals surface area contributed by atoms with Crippen molar-refractivity contribution in [3.63, 3.8) is 0 Å². The Labute approximate surface area is 186 Å². The average Bonchev–Trinajstić information content (AvgIpc) is 3.11. The summed E-state index contributed by atoms with van der Waals surface area (Å²) < 4.78 is 73.6. The lowest BCUT2D eigenvalue weighted by molar-refractivity contribution is -0.162. The van der Waals surface area contributed by atoms with Crippen molar-refractivity contribution in [3.05, 3.63) is 35.9 Å². The third-order valence-electron chi connectivity index (χ3n) is 5.95. The molecule has 0 radical (unpaired) electrons. The molecule has 11 heteroatoms. The lowest BCUT2D eigenvalue weighted by Crippen LogP contribution is -2.50. The molecule has 0 spiro atoms. The van der Waals surface area contributed by atoms with Gasteiger partial charge < -0.3 is 14.4 Å². The molecule has 0 unspecified atom stereocenters. The fourth-order valence-electron chi connectivity index (χ4n) is 4.45. The van der Waals surface area contributed by atoms with E-state index >= 15 is 0 Å². The van der Waals surface area contributed by atoms with Gasteiger partial charge in [-0.05, 0) is 43.6 Å². The summed E-state index contributed by atoms with van der Waals surface area (Å²) >= 11 is 0. The van der Waals surface area contributed by atoms with E-state index in [2.05, 4.69) is 21.6 Å². The molecule has 1 amide bonds. The average molecular weight is 479 g/mol. The van der Waals surface area contributed by atoms with Crippen molar-refractivity contribution in [3.8, 4) is 0 Å². The van der Waals surface area contributed by atoms with Crippen molar-refractivity contribution in [2.45, 2.75) is 62.4 Å². The van der Waals surface area contributed by atoms with Gasteiger partial charge in [0.2, 0.25) is 10.0 Å². The molecule has 1 aromatic carbocycles. The Balaban J connectivity index is 1.57. The number of nitrogens with one attached hydrogen (secondary N) is 1. The molecule has 1 aromatic rings. The van der Waals surface area contributed by atoms with E-state index in [-0.39, 0.29) is 25.7 Å². The van der Waals surface area contributed by atoms with Crippen LogP contribution in [0.1, 0.15) is 43.6 Å². The molecule has 7 nitrogen and oxygen atoms in total. The molecule has 1 saturated heterocycles. The number of ether oxygens (including phenoxy) is 2. The third-order valence-corrected chi connectivity index (χ3v) is 6.68. The minimum atomic E-state index is -4.64. The molecule has 1 aliphatic heterocycles. The summed E-state index contributed by atoms with van der Waals surface area (Å²) in [5.74, 6) is 0.455. The highest BCUT2D eigenvalue weighted by Crippen LogP contribution is 2.34. The molecule has 0 aromatic heterocycles. The first-order valence-corrected chi connectivity index (χ1v) is 12.5. The second-order valence-electron chi connectivity index (χ2n) is 8.43. The van der Waals surface area contributed by atoms with E-state index in [1.807, 2.05) is 18.2 Å². The van der Waals surface area contributed by atoms with E-state index in [1.165, 1.54) is 5.56 Å². The summed E-state index contributed by atoms with van der Waals surface area (Å²) in [5, 5.41) is 0. The molecule has 2 aliphatic rings. The lowest BCUT2D eigenvalue weighted by Gasteiger charge is -2.32. The molecule has 1 saturated carbocycles. The number of sulfonamides is 1. The summed E-state index contributed by atoms with van der Waals surface area (Å²) in [5.41, 5.74) is 1.29. The van der Waals surface area contributed by atoms with Crippen molar-refractivity contribution in [2.24, 2.45) is 0 Å². The SMILES string of the molecule is CS(=O)(=O)N[C@H]1CCN(C(=O)OCC(F)(F)F)[C@H]1COC1CCC(c2ccccc2)CC1. The standard InChI is InChI=1S/C21H29F3N2O5S/c1-32(28,29)25-18-11-12-26(20(27)31-14-21(22,23)24)19(18)13-30-17-9-7-16(8-10-17)15-5-3-2-4-6-15/h2-6,16-19,25H,7-14H2,1H3/t16?,17?,18-,19-/m0/s1. The predicted octanol–water partition coefficient (Wildman–Crippen LogP) is 3.42. The van der Waals surface area contributed by atoms with Gasteiger partial charge in [0, 0.05) is 12.6 Å². The maximum atomic E-state index is 12.4. The van der Waals surface area contributed by atoms with Crippen LogP contribution in [0.25, 0.3) is 0 Å². The van der Waals surface area contributed by atoms with Crippen LogP contribution in [0.2, 0.25) is 0 Å². The maximum absolute atomic E-state index is 12.4. The number of likely N-dealkylation sites (tertiary alicyclic amines) is 1. The number of benzene rings is 1. The monoisotopic (exact) mass is 478 g/mol. The number of alkyl halides is 3. The van der Waals surface area contributed by atoms with Crippen LogP contribution in [0.3, 0.4) is 0 Å². The summed E-state index contributed by atoms with van der Waals surface area (Å²) in [6.07, 6.45) is -1.02. The third kappa shape index (κ3) is 7.35. The highest BCUT2D eigenvalue weighted by atomic mass is 32.2.